The van der Waals surface area contributed by atoms with Crippen LogP contribution in [0.25, 0.3) is 22.2 Å². The number of carbonyl (C=O) groups excluding carboxylic acids is 1. The molecular formula is C29H35FN8O4. The van der Waals surface area contributed by atoms with Crippen molar-refractivity contribution in [2.45, 2.75) is 12.5 Å². The first-order valence-electron chi connectivity index (χ1n) is 13.7. The maximum absolute atomic E-state index is 15.1. The molecular weight excluding hydrogens is 543 g/mol. The number of aliphatic hydroxyl groups is 1. The summed E-state index contributed by atoms with van der Waals surface area (Å²) in [6.45, 7) is 3.52. The number of likely N-dealkylation sites (N-methyl/N-ethyl adjacent to an activating group) is 1. The van der Waals surface area contributed by atoms with Crippen molar-refractivity contribution in [3.8, 4) is 17.0 Å². The van der Waals surface area contributed by atoms with E-state index in [4.69, 9.17) is 9.47 Å². The van der Waals surface area contributed by atoms with Crippen LogP contribution in [-0.4, -0.2) is 107 Å². The van der Waals surface area contributed by atoms with Gasteiger partial charge in [0.1, 0.15) is 17.5 Å². The maximum atomic E-state index is 15.1. The number of aliphatic hydroxyl groups excluding tert-OH is 1. The molecule has 0 saturated carbocycles. The van der Waals surface area contributed by atoms with Crippen molar-refractivity contribution in [3.05, 3.63) is 54.4 Å². The highest BCUT2D eigenvalue weighted by Crippen LogP contribution is 2.33. The molecule has 1 saturated heterocycles. The quantitative estimate of drug-likeness (QED) is 0.210. The van der Waals surface area contributed by atoms with Gasteiger partial charge in [-0.3, -0.25) is 14.7 Å². The van der Waals surface area contributed by atoms with E-state index in [2.05, 4.69) is 47.4 Å². The zero-order valence-electron chi connectivity index (χ0n) is 23.9. The number of hydrogen-bond acceptors (Lipinski definition) is 10. The topological polar surface area (TPSA) is 141 Å². The van der Waals surface area contributed by atoms with Crippen LogP contribution in [0.4, 0.5) is 21.7 Å². The lowest BCUT2D eigenvalue weighted by Crippen LogP contribution is -2.54. The van der Waals surface area contributed by atoms with E-state index in [1.54, 1.807) is 37.7 Å². The fourth-order valence-electron chi connectivity index (χ4n) is 5.07. The van der Waals surface area contributed by atoms with Crippen LogP contribution in [0.3, 0.4) is 0 Å². The molecule has 4 N–H and O–H groups in total. The number of piperazine rings is 1. The highest BCUT2D eigenvalue weighted by Gasteiger charge is 2.29. The van der Waals surface area contributed by atoms with Crippen LogP contribution < -0.4 is 15.4 Å². The number of nitrogens with zero attached hydrogens (tertiary/aromatic N) is 5. The minimum Gasteiger partial charge on any atom is -0.495 e. The summed E-state index contributed by atoms with van der Waals surface area (Å²) in [7, 11) is 5.18. The predicted octanol–water partition coefficient (Wildman–Crippen LogP) is 2.65. The summed E-state index contributed by atoms with van der Waals surface area (Å²) >= 11 is 0. The molecule has 1 amide bonds. The molecule has 1 aliphatic rings. The normalized spacial score (nSPS) is 15.1. The second-order valence-corrected chi connectivity index (χ2v) is 10.1. The Labute approximate surface area is 242 Å². The number of methoxy groups -OCH3 is 2. The first kappa shape index (κ1) is 29.3. The minimum atomic E-state index is -0.597. The molecule has 0 aliphatic carbocycles. The SMILES string of the molecule is COCC(C(=O)Nc1cccc2c(-c3nc(Nc4cnc(CCO)c(OC)c4)ncc3F)c[nH]c12)N1CCN(C)CC1. The number of rotatable bonds is 11. The average molecular weight is 579 g/mol. The molecule has 5 rings (SSSR count). The van der Waals surface area contributed by atoms with Gasteiger partial charge in [0.15, 0.2) is 5.82 Å². The lowest BCUT2D eigenvalue weighted by Gasteiger charge is -2.36. The van der Waals surface area contributed by atoms with Crippen molar-refractivity contribution < 1.29 is 23.8 Å². The molecule has 0 spiro atoms. The Morgan fingerprint density at radius 1 is 1.19 bits per heavy atom. The van der Waals surface area contributed by atoms with Crippen LogP contribution >= 0.6 is 0 Å². The Morgan fingerprint density at radius 2 is 2.00 bits per heavy atom. The zero-order valence-corrected chi connectivity index (χ0v) is 23.9. The molecule has 0 bridgehead atoms. The number of para-hydroxylation sites is 1. The van der Waals surface area contributed by atoms with E-state index in [9.17, 15) is 9.90 Å². The average Bonchev–Trinajstić information content (AvgIpc) is 3.43. The number of carbonyl (C=O) groups is 1. The predicted molar refractivity (Wildman–Crippen MR) is 158 cm³/mol. The summed E-state index contributed by atoms with van der Waals surface area (Å²) in [6, 6.07) is 6.73. The molecule has 1 fully saturated rings. The Hall–Kier alpha value is -4.17. The number of hydrogen-bond donors (Lipinski definition) is 4. The van der Waals surface area contributed by atoms with Gasteiger partial charge >= 0.3 is 0 Å². The number of ether oxygens (including phenoxy) is 2. The molecule has 13 heteroatoms. The molecule has 1 atom stereocenters. The summed E-state index contributed by atoms with van der Waals surface area (Å²) in [4.78, 5) is 33.8. The van der Waals surface area contributed by atoms with Gasteiger partial charge in [-0.1, -0.05) is 12.1 Å². The molecule has 1 aliphatic heterocycles. The summed E-state index contributed by atoms with van der Waals surface area (Å²) in [5.74, 6) is -0.0968. The molecule has 0 radical (unpaired) electrons. The molecule has 4 heterocycles. The number of aromatic amines is 1. The van der Waals surface area contributed by atoms with Gasteiger partial charge in [0, 0.05) is 69.5 Å². The Kier molecular flexibility index (Phi) is 9.22. The lowest BCUT2D eigenvalue weighted by molar-refractivity contribution is -0.124. The van der Waals surface area contributed by atoms with E-state index >= 15 is 4.39 Å². The second kappa shape index (κ2) is 13.2. The number of anilines is 3. The van der Waals surface area contributed by atoms with Crippen LogP contribution in [-0.2, 0) is 16.0 Å². The lowest BCUT2D eigenvalue weighted by atomic mass is 10.1. The summed E-state index contributed by atoms with van der Waals surface area (Å²) in [5.41, 5.74) is 2.99. The van der Waals surface area contributed by atoms with Crippen molar-refractivity contribution in [1.82, 2.24) is 29.7 Å². The number of nitrogens with one attached hydrogen (secondary N) is 3. The van der Waals surface area contributed by atoms with Crippen LogP contribution in [0.5, 0.6) is 5.75 Å². The van der Waals surface area contributed by atoms with Crippen molar-refractivity contribution >= 4 is 34.1 Å². The van der Waals surface area contributed by atoms with E-state index < -0.39 is 11.9 Å². The smallest absolute Gasteiger partial charge is 0.244 e. The number of fused-ring (bicyclic) bond motifs is 1. The number of benzene rings is 1. The van der Waals surface area contributed by atoms with E-state index in [1.807, 2.05) is 6.07 Å². The van der Waals surface area contributed by atoms with Gasteiger partial charge in [-0.05, 0) is 13.1 Å². The number of pyridine rings is 1. The molecule has 1 unspecified atom stereocenters. The van der Waals surface area contributed by atoms with Crippen molar-refractivity contribution in [1.29, 1.82) is 0 Å². The van der Waals surface area contributed by atoms with Gasteiger partial charge in [0.2, 0.25) is 11.9 Å². The highest BCUT2D eigenvalue weighted by molar-refractivity contribution is 6.06. The van der Waals surface area contributed by atoms with Gasteiger partial charge in [-0.2, -0.15) is 0 Å². The molecule has 3 aromatic heterocycles. The van der Waals surface area contributed by atoms with Crippen LogP contribution in [0, 0.1) is 5.82 Å². The third-order valence-corrected chi connectivity index (χ3v) is 7.33. The molecule has 42 heavy (non-hydrogen) atoms. The van der Waals surface area contributed by atoms with Gasteiger partial charge < -0.3 is 35.1 Å². The van der Waals surface area contributed by atoms with Crippen LogP contribution in [0.1, 0.15) is 5.69 Å². The van der Waals surface area contributed by atoms with Gasteiger partial charge in [-0.25, -0.2) is 14.4 Å². The fourth-order valence-corrected chi connectivity index (χ4v) is 5.07. The van der Waals surface area contributed by atoms with Gasteiger partial charge in [0.05, 0.1) is 48.7 Å². The third kappa shape index (κ3) is 6.34. The van der Waals surface area contributed by atoms with Gasteiger partial charge in [0.25, 0.3) is 0 Å². The third-order valence-electron chi connectivity index (χ3n) is 7.33. The zero-order chi connectivity index (χ0) is 29.6. The number of amides is 1. The molecule has 222 valence electrons. The Morgan fingerprint density at radius 3 is 2.74 bits per heavy atom. The highest BCUT2D eigenvalue weighted by atomic mass is 19.1. The second-order valence-electron chi connectivity index (χ2n) is 10.1. The Balaban J connectivity index is 1.39. The largest absolute Gasteiger partial charge is 0.495 e. The van der Waals surface area contributed by atoms with Crippen LogP contribution in [0.15, 0.2) is 42.9 Å². The fraction of sp³-hybridized carbons (Fsp3) is 0.379. The van der Waals surface area contributed by atoms with E-state index in [-0.39, 0.29) is 30.8 Å². The summed E-state index contributed by atoms with van der Waals surface area (Å²) < 4.78 is 25.8. The standard InChI is InChI=1S/C29H35FN8O4/c1-37-8-10-38(11-9-37)24(17-41-2)28(40)35-23-6-4-5-19-20(15-32-27(19)23)26-21(30)16-33-29(36-26)34-18-13-25(42-3)22(7-12-39)31-14-18/h4-6,13-16,24,32,39H,7-12,17H2,1-3H3,(H,35,40)(H,33,34,36). The maximum Gasteiger partial charge on any atom is 0.244 e. The summed E-state index contributed by atoms with van der Waals surface area (Å²) in [6.07, 6.45) is 4.69. The van der Waals surface area contributed by atoms with Gasteiger partial charge in [-0.15, -0.1) is 0 Å². The summed E-state index contributed by atoms with van der Waals surface area (Å²) in [5, 5.41) is 16.0. The first-order valence-corrected chi connectivity index (χ1v) is 13.7. The Bertz CT molecular complexity index is 1540. The number of aromatic nitrogens is 4. The number of halogens is 1. The molecule has 1 aromatic carbocycles. The number of H-pyrrole nitrogens is 1. The molecule has 12 nitrogen and oxygen atoms in total. The van der Waals surface area contributed by atoms with E-state index in [1.165, 1.54) is 7.11 Å². The van der Waals surface area contributed by atoms with Crippen molar-refractivity contribution in [3.63, 3.8) is 0 Å². The van der Waals surface area contributed by atoms with E-state index in [0.717, 1.165) is 32.4 Å². The minimum absolute atomic E-state index is 0.0550. The van der Waals surface area contributed by atoms with Crippen molar-refractivity contribution in [2.24, 2.45) is 0 Å². The van der Waals surface area contributed by atoms with Crippen molar-refractivity contribution in [2.75, 3.05) is 71.3 Å². The molecule has 4 aromatic rings. The van der Waals surface area contributed by atoms with E-state index in [0.29, 0.717) is 45.7 Å². The van der Waals surface area contributed by atoms with Crippen LogP contribution in [0.2, 0.25) is 0 Å². The monoisotopic (exact) mass is 578 g/mol. The first-order chi connectivity index (χ1) is 20.4.